The zero-order chi connectivity index (χ0) is 15.2. The molecule has 4 heteroatoms. The SMILES string of the molecule is CCOC(=O)CCc1ccc(-c2ccccc2O)c(O)c1. The number of phenols is 2. The number of ether oxygens (including phenoxy) is 1. The van der Waals surface area contributed by atoms with E-state index in [0.717, 1.165) is 5.56 Å². The molecule has 0 fully saturated rings. The van der Waals surface area contributed by atoms with E-state index in [1.807, 2.05) is 6.07 Å². The van der Waals surface area contributed by atoms with Gasteiger partial charge >= 0.3 is 5.97 Å². The Morgan fingerprint density at radius 3 is 2.43 bits per heavy atom. The minimum atomic E-state index is -0.248. The Balaban J connectivity index is 2.15. The Morgan fingerprint density at radius 2 is 1.76 bits per heavy atom. The van der Waals surface area contributed by atoms with Gasteiger partial charge in [0.05, 0.1) is 6.61 Å². The van der Waals surface area contributed by atoms with Crippen molar-refractivity contribution in [3.8, 4) is 22.6 Å². The summed E-state index contributed by atoms with van der Waals surface area (Å²) >= 11 is 0. The molecule has 0 unspecified atom stereocenters. The Kier molecular flexibility index (Phi) is 4.82. The largest absolute Gasteiger partial charge is 0.507 e. The van der Waals surface area contributed by atoms with Crippen molar-refractivity contribution >= 4 is 5.97 Å². The fourth-order valence-corrected chi connectivity index (χ4v) is 2.14. The molecule has 0 saturated carbocycles. The van der Waals surface area contributed by atoms with Gasteiger partial charge in [-0.3, -0.25) is 4.79 Å². The number of carbonyl (C=O) groups is 1. The fraction of sp³-hybridized carbons (Fsp3) is 0.235. The summed E-state index contributed by atoms with van der Waals surface area (Å²) in [6.45, 7) is 2.14. The fourth-order valence-electron chi connectivity index (χ4n) is 2.14. The van der Waals surface area contributed by atoms with Gasteiger partial charge < -0.3 is 14.9 Å². The normalized spacial score (nSPS) is 10.3. The van der Waals surface area contributed by atoms with Gasteiger partial charge in [0, 0.05) is 17.5 Å². The van der Waals surface area contributed by atoms with Crippen LogP contribution in [-0.2, 0) is 16.0 Å². The number of aromatic hydroxyl groups is 2. The number of aryl methyl sites for hydroxylation is 1. The molecule has 4 nitrogen and oxygen atoms in total. The van der Waals surface area contributed by atoms with Crippen LogP contribution in [0.5, 0.6) is 11.5 Å². The van der Waals surface area contributed by atoms with Gasteiger partial charge in [-0.2, -0.15) is 0 Å². The molecule has 0 amide bonds. The molecule has 2 N–H and O–H groups in total. The van der Waals surface area contributed by atoms with E-state index in [1.54, 1.807) is 43.3 Å². The first kappa shape index (κ1) is 14.9. The molecular weight excluding hydrogens is 268 g/mol. The summed E-state index contributed by atoms with van der Waals surface area (Å²) in [5.74, 6) is -0.0493. The number of carbonyl (C=O) groups excluding carboxylic acids is 1. The van der Waals surface area contributed by atoms with E-state index in [-0.39, 0.29) is 23.9 Å². The molecule has 0 bridgehead atoms. The smallest absolute Gasteiger partial charge is 0.306 e. The summed E-state index contributed by atoms with van der Waals surface area (Å²) in [7, 11) is 0. The molecule has 110 valence electrons. The van der Waals surface area contributed by atoms with Crippen LogP contribution >= 0.6 is 0 Å². The summed E-state index contributed by atoms with van der Waals surface area (Å²) in [4.78, 5) is 11.3. The van der Waals surface area contributed by atoms with Crippen LogP contribution in [0.25, 0.3) is 11.1 Å². The summed E-state index contributed by atoms with van der Waals surface area (Å²) in [5, 5.41) is 19.9. The van der Waals surface area contributed by atoms with Gasteiger partial charge in [0.2, 0.25) is 0 Å². The highest BCUT2D eigenvalue weighted by atomic mass is 16.5. The standard InChI is InChI=1S/C17H18O4/c1-2-21-17(20)10-8-12-7-9-14(16(19)11-12)13-5-3-4-6-15(13)18/h3-7,9,11,18-19H,2,8,10H2,1H3. The molecular formula is C17H18O4. The maximum atomic E-state index is 11.3. The minimum Gasteiger partial charge on any atom is -0.507 e. The van der Waals surface area contributed by atoms with Gasteiger partial charge in [-0.1, -0.05) is 30.3 Å². The lowest BCUT2D eigenvalue weighted by atomic mass is 10.00. The van der Waals surface area contributed by atoms with Gasteiger partial charge in [0.15, 0.2) is 0 Å². The molecule has 0 aromatic heterocycles. The van der Waals surface area contributed by atoms with Crippen molar-refractivity contribution in [3.63, 3.8) is 0 Å². The third-order valence-corrected chi connectivity index (χ3v) is 3.18. The first-order valence-corrected chi connectivity index (χ1v) is 6.87. The third kappa shape index (κ3) is 3.75. The molecule has 0 radical (unpaired) electrons. The Bertz CT molecular complexity index is 634. The quantitative estimate of drug-likeness (QED) is 0.828. The summed E-state index contributed by atoms with van der Waals surface area (Å²) in [6.07, 6.45) is 0.788. The predicted molar refractivity (Wildman–Crippen MR) is 80.2 cm³/mol. The van der Waals surface area contributed by atoms with Crippen LogP contribution < -0.4 is 0 Å². The van der Waals surface area contributed by atoms with E-state index in [0.29, 0.717) is 24.2 Å². The number of benzene rings is 2. The number of hydrogen-bond acceptors (Lipinski definition) is 4. The van der Waals surface area contributed by atoms with Crippen LogP contribution in [-0.4, -0.2) is 22.8 Å². The summed E-state index contributed by atoms with van der Waals surface area (Å²) in [5.41, 5.74) is 1.99. The van der Waals surface area contributed by atoms with Crippen molar-refractivity contribution in [2.45, 2.75) is 19.8 Å². The van der Waals surface area contributed by atoms with Crippen molar-refractivity contribution in [2.75, 3.05) is 6.61 Å². The average Bonchev–Trinajstić information content (AvgIpc) is 2.47. The lowest BCUT2D eigenvalue weighted by molar-refractivity contribution is -0.143. The van der Waals surface area contributed by atoms with Gasteiger partial charge in [-0.05, 0) is 31.0 Å². The van der Waals surface area contributed by atoms with Crippen LogP contribution in [0.3, 0.4) is 0 Å². The molecule has 2 rings (SSSR count). The van der Waals surface area contributed by atoms with Gasteiger partial charge in [0.1, 0.15) is 11.5 Å². The van der Waals surface area contributed by atoms with Crippen LogP contribution in [0.15, 0.2) is 42.5 Å². The Morgan fingerprint density at radius 1 is 1.05 bits per heavy atom. The summed E-state index contributed by atoms with van der Waals surface area (Å²) in [6, 6.07) is 12.0. The third-order valence-electron chi connectivity index (χ3n) is 3.18. The summed E-state index contributed by atoms with van der Waals surface area (Å²) < 4.78 is 4.87. The van der Waals surface area contributed by atoms with Crippen LogP contribution in [0, 0.1) is 0 Å². The zero-order valence-corrected chi connectivity index (χ0v) is 11.9. The number of phenolic OH excluding ortho intramolecular Hbond substituents is 2. The van der Waals surface area contributed by atoms with Crippen molar-refractivity contribution in [1.29, 1.82) is 0 Å². The molecule has 0 atom stereocenters. The van der Waals surface area contributed by atoms with Crippen molar-refractivity contribution < 1.29 is 19.7 Å². The van der Waals surface area contributed by atoms with Crippen molar-refractivity contribution in [1.82, 2.24) is 0 Å². The highest BCUT2D eigenvalue weighted by molar-refractivity contribution is 5.75. The van der Waals surface area contributed by atoms with E-state index < -0.39 is 0 Å². The number of hydrogen-bond donors (Lipinski definition) is 2. The van der Waals surface area contributed by atoms with Gasteiger partial charge in [0.25, 0.3) is 0 Å². The van der Waals surface area contributed by atoms with E-state index in [4.69, 9.17) is 4.74 Å². The average molecular weight is 286 g/mol. The second-order valence-corrected chi connectivity index (χ2v) is 4.67. The molecule has 0 aliphatic rings. The monoisotopic (exact) mass is 286 g/mol. The van der Waals surface area contributed by atoms with E-state index in [1.165, 1.54) is 0 Å². The van der Waals surface area contributed by atoms with E-state index in [9.17, 15) is 15.0 Å². The van der Waals surface area contributed by atoms with Crippen LogP contribution in [0.1, 0.15) is 18.9 Å². The predicted octanol–water partition coefficient (Wildman–Crippen LogP) is 3.26. The number of rotatable bonds is 5. The molecule has 2 aromatic rings. The first-order chi connectivity index (χ1) is 10.1. The maximum Gasteiger partial charge on any atom is 0.306 e. The Labute approximate surface area is 123 Å². The second kappa shape index (κ2) is 6.79. The molecule has 2 aromatic carbocycles. The zero-order valence-electron chi connectivity index (χ0n) is 11.9. The topological polar surface area (TPSA) is 66.8 Å². The van der Waals surface area contributed by atoms with Gasteiger partial charge in [-0.15, -0.1) is 0 Å². The van der Waals surface area contributed by atoms with E-state index in [2.05, 4.69) is 0 Å². The molecule has 0 aliphatic heterocycles. The lowest BCUT2D eigenvalue weighted by Crippen LogP contribution is -2.05. The highest BCUT2D eigenvalue weighted by Gasteiger charge is 2.10. The number of para-hydroxylation sites is 1. The van der Waals surface area contributed by atoms with E-state index >= 15 is 0 Å². The van der Waals surface area contributed by atoms with Crippen molar-refractivity contribution in [2.24, 2.45) is 0 Å². The van der Waals surface area contributed by atoms with Gasteiger partial charge in [-0.25, -0.2) is 0 Å². The van der Waals surface area contributed by atoms with Crippen molar-refractivity contribution in [3.05, 3.63) is 48.0 Å². The molecule has 0 aliphatic carbocycles. The highest BCUT2D eigenvalue weighted by Crippen LogP contribution is 2.35. The van der Waals surface area contributed by atoms with Crippen LogP contribution in [0.4, 0.5) is 0 Å². The molecule has 0 heterocycles. The molecule has 21 heavy (non-hydrogen) atoms. The Hall–Kier alpha value is -2.49. The lowest BCUT2D eigenvalue weighted by Gasteiger charge is -2.09. The minimum absolute atomic E-state index is 0.0814. The second-order valence-electron chi connectivity index (χ2n) is 4.67. The molecule has 0 saturated heterocycles. The van der Waals surface area contributed by atoms with Crippen LogP contribution in [0.2, 0.25) is 0 Å². The number of esters is 1. The maximum absolute atomic E-state index is 11.3. The first-order valence-electron chi connectivity index (χ1n) is 6.87. The molecule has 0 spiro atoms.